The number of aromatic nitrogens is 2. The summed E-state index contributed by atoms with van der Waals surface area (Å²) in [6.45, 7) is 0. The third-order valence-corrected chi connectivity index (χ3v) is 16.6. The predicted octanol–water partition coefficient (Wildman–Crippen LogP) is 17.8. The molecule has 2 spiro atoms. The second-order valence-corrected chi connectivity index (χ2v) is 20.2. The molecule has 0 aliphatic heterocycles. The summed E-state index contributed by atoms with van der Waals surface area (Å²) in [5.41, 5.74) is 25.2. The molecule has 75 heavy (non-hydrogen) atoms. The highest BCUT2D eigenvalue weighted by molar-refractivity contribution is 6.13. The Morgan fingerprint density at radius 3 is 1.35 bits per heavy atom. The fraction of sp³-hybridized carbons (Fsp3) is 0.0278. The van der Waals surface area contributed by atoms with Crippen LogP contribution in [-0.4, -0.2) is 9.97 Å². The topological polar surface area (TPSA) is 38.9 Å². The van der Waals surface area contributed by atoms with E-state index in [9.17, 15) is 0 Å². The molecule has 0 radical (unpaired) electrons. The van der Waals surface area contributed by atoms with Crippen LogP contribution in [0.3, 0.4) is 0 Å². The third-order valence-electron chi connectivity index (χ3n) is 16.6. The fourth-order valence-corrected chi connectivity index (χ4v) is 13.6. The lowest BCUT2D eigenvalue weighted by atomic mass is 9.52. The van der Waals surface area contributed by atoms with Crippen molar-refractivity contribution >= 4 is 21.9 Å². The highest BCUT2D eigenvalue weighted by Gasteiger charge is 2.60. The summed E-state index contributed by atoms with van der Waals surface area (Å²) >= 11 is 0. The van der Waals surface area contributed by atoms with Crippen LogP contribution >= 0.6 is 0 Å². The van der Waals surface area contributed by atoms with Gasteiger partial charge in [0.2, 0.25) is 0 Å². The van der Waals surface area contributed by atoms with Crippen LogP contribution < -0.4 is 0 Å². The summed E-state index contributed by atoms with van der Waals surface area (Å²) in [4.78, 5) is 10.4. The van der Waals surface area contributed by atoms with Crippen molar-refractivity contribution in [3.8, 4) is 78.4 Å². The number of hydrogen-bond donors (Lipinski definition) is 0. The van der Waals surface area contributed by atoms with Gasteiger partial charge in [-0.15, -0.1) is 0 Å². The predicted molar refractivity (Wildman–Crippen MR) is 305 cm³/mol. The van der Waals surface area contributed by atoms with Crippen LogP contribution in [-0.2, 0) is 10.8 Å². The van der Waals surface area contributed by atoms with Crippen LogP contribution in [0.15, 0.2) is 271 Å². The van der Waals surface area contributed by atoms with Crippen LogP contribution in [0.4, 0.5) is 0 Å². The highest BCUT2D eigenvalue weighted by Crippen LogP contribution is 2.69. The van der Waals surface area contributed by atoms with Crippen molar-refractivity contribution in [2.75, 3.05) is 0 Å². The highest BCUT2D eigenvalue weighted by atomic mass is 16.3. The average Bonchev–Trinajstić information content (AvgIpc) is 4.35. The summed E-state index contributed by atoms with van der Waals surface area (Å²) in [6.07, 6.45) is 0. The Bertz CT molecular complexity index is 4360. The largest absolute Gasteiger partial charge is 0.455 e. The molecule has 348 valence electrons. The monoisotopic (exact) mass is 952 g/mol. The van der Waals surface area contributed by atoms with Gasteiger partial charge in [-0.2, -0.15) is 0 Å². The summed E-state index contributed by atoms with van der Waals surface area (Å²) in [5.74, 6) is 0.691. The zero-order valence-corrected chi connectivity index (χ0v) is 40.7. The standard InChI is InChI=1S/C72H44N2O/c1-3-18-45(19-4-1)46-34-38-48(39-35-46)64-44-65(74-70(73-64)50-20-5-2-6-21-50)49-40-36-47(37-41-49)51-25-17-26-56-67-63(43-42-55-54-24-9-16-33-66(54)75-69(55)67)72(68(51)56)61-31-14-12-29-59(61)71(60-30-13-15-32-62(60)72)57-27-10-7-22-52(57)53-23-8-11-28-58(53)71/h1-44H. The minimum absolute atomic E-state index is 0.548. The Morgan fingerprint density at radius 1 is 0.280 bits per heavy atom. The van der Waals surface area contributed by atoms with Gasteiger partial charge in [-0.3, -0.25) is 0 Å². The average molecular weight is 953 g/mol. The first-order chi connectivity index (χ1) is 37.2. The van der Waals surface area contributed by atoms with E-state index >= 15 is 0 Å². The van der Waals surface area contributed by atoms with Crippen LogP contribution in [0.2, 0.25) is 0 Å². The van der Waals surface area contributed by atoms with Gasteiger partial charge in [-0.1, -0.05) is 255 Å². The maximum absolute atomic E-state index is 7.06. The molecule has 16 rings (SSSR count). The summed E-state index contributed by atoms with van der Waals surface area (Å²) in [6, 6.07) is 97.7. The molecule has 0 bridgehead atoms. The van der Waals surface area contributed by atoms with E-state index in [0.29, 0.717) is 5.82 Å². The Labute approximate surface area is 434 Å². The number of benzene rings is 11. The van der Waals surface area contributed by atoms with Crippen molar-refractivity contribution in [3.05, 3.63) is 311 Å². The van der Waals surface area contributed by atoms with E-state index in [1.165, 1.54) is 77.9 Å². The lowest BCUT2D eigenvalue weighted by Gasteiger charge is -2.49. The molecule has 0 atom stereocenters. The van der Waals surface area contributed by atoms with Gasteiger partial charge < -0.3 is 4.42 Å². The molecule has 3 aliphatic carbocycles. The minimum Gasteiger partial charge on any atom is -0.455 e. The molecule has 0 unspecified atom stereocenters. The number of hydrogen-bond acceptors (Lipinski definition) is 3. The lowest BCUT2D eigenvalue weighted by molar-refractivity contribution is 0.632. The van der Waals surface area contributed by atoms with E-state index in [1.54, 1.807) is 0 Å². The second-order valence-electron chi connectivity index (χ2n) is 20.2. The molecule has 0 amide bonds. The van der Waals surface area contributed by atoms with Crippen molar-refractivity contribution in [2.45, 2.75) is 10.8 Å². The van der Waals surface area contributed by atoms with E-state index in [0.717, 1.165) is 61.1 Å². The van der Waals surface area contributed by atoms with Crippen molar-refractivity contribution in [2.24, 2.45) is 0 Å². The number of rotatable bonds is 5. The molecule has 11 aromatic carbocycles. The fourth-order valence-electron chi connectivity index (χ4n) is 13.6. The molecule has 13 aromatic rings. The van der Waals surface area contributed by atoms with Gasteiger partial charge in [0.1, 0.15) is 11.2 Å². The normalized spacial score (nSPS) is 13.8. The molecular formula is C72H44N2O. The van der Waals surface area contributed by atoms with Gasteiger partial charge in [0.25, 0.3) is 0 Å². The molecule has 2 aromatic heterocycles. The molecule has 0 fully saturated rings. The Kier molecular flexibility index (Phi) is 8.88. The van der Waals surface area contributed by atoms with Crippen LogP contribution in [0.5, 0.6) is 0 Å². The van der Waals surface area contributed by atoms with Gasteiger partial charge >= 0.3 is 0 Å². The summed E-state index contributed by atoms with van der Waals surface area (Å²) in [5, 5.41) is 2.25. The number of fused-ring (bicyclic) bond motifs is 20. The first-order valence-electron chi connectivity index (χ1n) is 25.9. The van der Waals surface area contributed by atoms with Crippen LogP contribution in [0, 0.1) is 0 Å². The Morgan fingerprint density at radius 2 is 0.733 bits per heavy atom. The SMILES string of the molecule is c1ccc(-c2ccc(-c3cc(-c4ccc(-c5cccc6c5C5(c7ccccc7C7(c8ccccc8-c8ccccc87)c7ccccc75)c5ccc7c(oc8ccccc87)c5-6)cc4)nc(-c4ccccc4)n3)cc2)cc1. The maximum atomic E-state index is 7.06. The van der Waals surface area contributed by atoms with Crippen molar-refractivity contribution in [3.63, 3.8) is 0 Å². The second kappa shape index (κ2) is 15.9. The molecule has 2 heterocycles. The van der Waals surface area contributed by atoms with Crippen LogP contribution in [0.25, 0.3) is 100 Å². The van der Waals surface area contributed by atoms with E-state index in [1.807, 2.05) is 18.2 Å². The van der Waals surface area contributed by atoms with Crippen molar-refractivity contribution < 1.29 is 4.42 Å². The molecule has 3 nitrogen and oxygen atoms in total. The first kappa shape index (κ1) is 41.9. The number of furan rings is 1. The molecular weight excluding hydrogens is 909 g/mol. The van der Waals surface area contributed by atoms with Crippen molar-refractivity contribution in [1.29, 1.82) is 0 Å². The number of para-hydroxylation sites is 1. The van der Waals surface area contributed by atoms with Gasteiger partial charge in [0.05, 0.1) is 22.2 Å². The summed E-state index contributed by atoms with van der Waals surface area (Å²) in [7, 11) is 0. The minimum atomic E-state index is -0.722. The van der Waals surface area contributed by atoms with E-state index in [-0.39, 0.29) is 0 Å². The van der Waals surface area contributed by atoms with E-state index in [4.69, 9.17) is 14.4 Å². The van der Waals surface area contributed by atoms with Gasteiger partial charge in [0, 0.05) is 33.0 Å². The quantitative estimate of drug-likeness (QED) is 0.173. The summed E-state index contributed by atoms with van der Waals surface area (Å²) < 4.78 is 7.06. The zero-order chi connectivity index (χ0) is 49.2. The third kappa shape index (κ3) is 5.75. The van der Waals surface area contributed by atoms with E-state index in [2.05, 4.69) is 249 Å². The molecule has 0 N–H and O–H groups in total. The van der Waals surface area contributed by atoms with Gasteiger partial charge in [0.15, 0.2) is 5.82 Å². The number of nitrogens with zero attached hydrogens (tertiary/aromatic N) is 2. The molecule has 3 heteroatoms. The molecule has 0 saturated heterocycles. The molecule has 0 saturated carbocycles. The zero-order valence-electron chi connectivity index (χ0n) is 40.7. The van der Waals surface area contributed by atoms with Gasteiger partial charge in [-0.25, -0.2) is 9.97 Å². The Hall–Kier alpha value is -9.70. The van der Waals surface area contributed by atoms with Crippen molar-refractivity contribution in [1.82, 2.24) is 9.97 Å². The lowest BCUT2D eigenvalue weighted by Crippen LogP contribution is -2.44. The smallest absolute Gasteiger partial charge is 0.160 e. The molecule has 3 aliphatic rings. The maximum Gasteiger partial charge on any atom is 0.160 e. The van der Waals surface area contributed by atoms with Crippen LogP contribution in [0.1, 0.15) is 44.5 Å². The van der Waals surface area contributed by atoms with E-state index < -0.39 is 10.8 Å². The Balaban J connectivity index is 0.926. The van der Waals surface area contributed by atoms with Gasteiger partial charge in [-0.05, 0) is 95.6 Å². The first-order valence-corrected chi connectivity index (χ1v) is 25.9.